The molecule has 0 saturated heterocycles. The van der Waals surface area contributed by atoms with Crippen LogP contribution in [0.4, 0.5) is 0 Å². The van der Waals surface area contributed by atoms with Crippen molar-refractivity contribution < 1.29 is 23.9 Å². The number of pyridine rings is 1. The smallest absolute Gasteiger partial charge is 0.313 e. The van der Waals surface area contributed by atoms with Crippen molar-refractivity contribution in [2.45, 2.75) is 19.8 Å². The van der Waals surface area contributed by atoms with Crippen molar-refractivity contribution in [2.24, 2.45) is 0 Å². The van der Waals surface area contributed by atoms with Crippen molar-refractivity contribution in [3.8, 4) is 5.75 Å². The molecule has 0 spiro atoms. The third-order valence-electron chi connectivity index (χ3n) is 2.36. The molecule has 1 aromatic rings. The molecule has 0 aliphatic carbocycles. The number of carbonyl (C=O) groups excluding carboxylic acids is 3. The van der Waals surface area contributed by atoms with E-state index in [1.807, 2.05) is 0 Å². The molecule has 0 bridgehead atoms. The number of ketones is 2. The number of esters is 1. The summed E-state index contributed by atoms with van der Waals surface area (Å²) >= 11 is 5.68. The normalized spacial score (nSPS) is 9.95. The van der Waals surface area contributed by atoms with Crippen LogP contribution in [-0.4, -0.2) is 36.2 Å². The van der Waals surface area contributed by atoms with E-state index in [1.165, 1.54) is 19.4 Å². The first-order chi connectivity index (χ1) is 9.47. The first-order valence-electron chi connectivity index (χ1n) is 5.88. The van der Waals surface area contributed by atoms with Gasteiger partial charge in [0.15, 0.2) is 11.6 Å². The number of rotatable bonds is 7. The van der Waals surface area contributed by atoms with Crippen LogP contribution in [0.3, 0.4) is 0 Å². The van der Waals surface area contributed by atoms with Crippen LogP contribution in [0.1, 0.15) is 30.1 Å². The minimum Gasteiger partial charge on any atom is -0.496 e. The van der Waals surface area contributed by atoms with Crippen LogP contribution in [0, 0.1) is 0 Å². The highest BCUT2D eigenvalue weighted by molar-refractivity contribution is 6.29. The number of ether oxygens (including phenoxy) is 2. The zero-order chi connectivity index (χ0) is 15.1. The van der Waals surface area contributed by atoms with Crippen molar-refractivity contribution in [3.63, 3.8) is 0 Å². The minimum absolute atomic E-state index is 0.147. The average Bonchev–Trinajstić information content (AvgIpc) is 2.38. The Balaban J connectivity index is 2.71. The van der Waals surface area contributed by atoms with E-state index in [4.69, 9.17) is 16.3 Å². The lowest BCUT2D eigenvalue weighted by molar-refractivity contribution is -0.145. The highest BCUT2D eigenvalue weighted by Gasteiger charge is 2.19. The van der Waals surface area contributed by atoms with Gasteiger partial charge in [-0.1, -0.05) is 11.6 Å². The van der Waals surface area contributed by atoms with Crippen molar-refractivity contribution in [1.82, 2.24) is 4.98 Å². The maximum atomic E-state index is 11.9. The molecule has 0 amide bonds. The second-order valence-corrected chi connectivity index (χ2v) is 4.21. The summed E-state index contributed by atoms with van der Waals surface area (Å²) in [6.07, 6.45) is 0.391. The predicted molar refractivity (Wildman–Crippen MR) is 71.0 cm³/mol. The Kier molecular flexibility index (Phi) is 6.11. The van der Waals surface area contributed by atoms with Crippen molar-refractivity contribution in [3.05, 3.63) is 23.0 Å². The molecule has 0 aromatic carbocycles. The van der Waals surface area contributed by atoms with Crippen molar-refractivity contribution >= 4 is 29.1 Å². The van der Waals surface area contributed by atoms with E-state index in [1.54, 1.807) is 6.92 Å². The second-order valence-electron chi connectivity index (χ2n) is 3.83. The Bertz CT molecular complexity index is 529. The lowest BCUT2D eigenvalue weighted by atomic mass is 10.1. The standard InChI is InChI=1S/C13H14ClNO5/c1-3-20-13(18)5-8(16)4-10(17)9-7-15-12(14)6-11(9)19-2/h6-7H,3-5H2,1-2H3. The zero-order valence-electron chi connectivity index (χ0n) is 11.1. The summed E-state index contributed by atoms with van der Waals surface area (Å²) in [5.74, 6) is -1.42. The number of Topliss-reactive ketones (excluding diaryl/α,β-unsaturated/α-hetero) is 2. The summed E-state index contributed by atoms with van der Waals surface area (Å²) < 4.78 is 9.64. The molecule has 1 heterocycles. The molecule has 0 atom stereocenters. The number of aromatic nitrogens is 1. The molecule has 6 nitrogen and oxygen atoms in total. The lowest BCUT2D eigenvalue weighted by Gasteiger charge is -2.07. The number of hydrogen-bond donors (Lipinski definition) is 0. The Morgan fingerprint density at radius 1 is 1.30 bits per heavy atom. The Morgan fingerprint density at radius 3 is 2.60 bits per heavy atom. The SMILES string of the molecule is CCOC(=O)CC(=O)CC(=O)c1cnc(Cl)cc1OC. The monoisotopic (exact) mass is 299 g/mol. The van der Waals surface area contributed by atoms with Gasteiger partial charge in [-0.3, -0.25) is 14.4 Å². The number of carbonyl (C=O) groups is 3. The van der Waals surface area contributed by atoms with E-state index >= 15 is 0 Å². The van der Waals surface area contributed by atoms with Crippen LogP contribution >= 0.6 is 11.6 Å². The van der Waals surface area contributed by atoms with E-state index in [9.17, 15) is 14.4 Å². The Morgan fingerprint density at radius 2 is 2.00 bits per heavy atom. The summed E-state index contributed by atoms with van der Waals surface area (Å²) in [6, 6.07) is 1.38. The van der Waals surface area contributed by atoms with Crippen LogP contribution in [0.15, 0.2) is 12.3 Å². The van der Waals surface area contributed by atoms with Gasteiger partial charge in [0, 0.05) is 12.3 Å². The Labute approximate surface area is 121 Å². The molecule has 1 aromatic heterocycles. The van der Waals surface area contributed by atoms with Gasteiger partial charge >= 0.3 is 5.97 Å². The average molecular weight is 300 g/mol. The minimum atomic E-state index is -0.647. The molecule has 20 heavy (non-hydrogen) atoms. The van der Waals surface area contributed by atoms with E-state index in [0.717, 1.165) is 0 Å². The second kappa shape index (κ2) is 7.59. The summed E-state index contributed by atoms with van der Waals surface area (Å²) in [6.45, 7) is 1.83. The molecule has 0 radical (unpaired) electrons. The summed E-state index contributed by atoms with van der Waals surface area (Å²) in [4.78, 5) is 38.4. The molecule has 1 rings (SSSR count). The largest absolute Gasteiger partial charge is 0.496 e. The highest BCUT2D eigenvalue weighted by Crippen LogP contribution is 2.22. The maximum absolute atomic E-state index is 11.9. The van der Waals surface area contributed by atoms with Crippen LogP contribution < -0.4 is 4.74 Å². The van der Waals surface area contributed by atoms with Crippen molar-refractivity contribution in [1.29, 1.82) is 0 Å². The van der Waals surface area contributed by atoms with Crippen molar-refractivity contribution in [2.75, 3.05) is 13.7 Å². The van der Waals surface area contributed by atoms with Gasteiger partial charge in [0.05, 0.1) is 25.7 Å². The van der Waals surface area contributed by atoms with Gasteiger partial charge in [0.2, 0.25) is 0 Å². The molecule has 7 heteroatoms. The van der Waals surface area contributed by atoms with Gasteiger partial charge in [-0.15, -0.1) is 0 Å². The highest BCUT2D eigenvalue weighted by atomic mass is 35.5. The molecule has 0 unspecified atom stereocenters. The third kappa shape index (κ3) is 4.62. The lowest BCUT2D eigenvalue weighted by Crippen LogP contribution is -2.15. The summed E-state index contributed by atoms with van der Waals surface area (Å²) in [5, 5.41) is 0.177. The Hall–Kier alpha value is -1.95. The first-order valence-corrected chi connectivity index (χ1v) is 6.25. The van der Waals surface area contributed by atoms with Gasteiger partial charge in [-0.25, -0.2) is 4.98 Å². The molecule has 0 saturated carbocycles. The van der Waals surface area contributed by atoms with Gasteiger partial charge < -0.3 is 9.47 Å². The predicted octanol–water partition coefficient (Wildman–Crippen LogP) is 1.84. The number of hydrogen-bond acceptors (Lipinski definition) is 6. The third-order valence-corrected chi connectivity index (χ3v) is 2.56. The van der Waals surface area contributed by atoms with E-state index < -0.39 is 30.4 Å². The molecule has 0 N–H and O–H groups in total. The fraction of sp³-hybridized carbons (Fsp3) is 0.385. The van der Waals surface area contributed by atoms with E-state index in [0.29, 0.717) is 0 Å². The number of methoxy groups -OCH3 is 1. The number of nitrogens with zero attached hydrogens (tertiary/aromatic N) is 1. The van der Waals surface area contributed by atoms with Gasteiger partial charge in [-0.05, 0) is 6.92 Å². The fourth-order valence-electron chi connectivity index (χ4n) is 1.50. The molecular formula is C13H14ClNO5. The van der Waals surface area contributed by atoms with Gasteiger partial charge in [-0.2, -0.15) is 0 Å². The molecular weight excluding hydrogens is 286 g/mol. The quantitative estimate of drug-likeness (QED) is 0.331. The van der Waals surface area contributed by atoms with Crippen LogP contribution in [0.25, 0.3) is 0 Å². The summed E-state index contributed by atoms with van der Waals surface area (Å²) in [5.41, 5.74) is 0.147. The van der Waals surface area contributed by atoms with Crippen LogP contribution in [0.2, 0.25) is 5.15 Å². The topological polar surface area (TPSA) is 82.6 Å². The molecule has 0 aliphatic heterocycles. The van der Waals surface area contributed by atoms with Crippen LogP contribution in [-0.2, 0) is 14.3 Å². The first kappa shape index (κ1) is 16.1. The molecule has 108 valence electrons. The van der Waals surface area contributed by atoms with Gasteiger partial charge in [0.1, 0.15) is 17.3 Å². The fourth-order valence-corrected chi connectivity index (χ4v) is 1.65. The molecule has 0 aliphatic rings. The summed E-state index contributed by atoms with van der Waals surface area (Å²) in [7, 11) is 1.38. The zero-order valence-corrected chi connectivity index (χ0v) is 11.9. The maximum Gasteiger partial charge on any atom is 0.313 e. The van der Waals surface area contributed by atoms with Crippen LogP contribution in [0.5, 0.6) is 5.75 Å². The molecule has 0 fully saturated rings. The van der Waals surface area contributed by atoms with E-state index in [2.05, 4.69) is 9.72 Å². The number of halogens is 1. The van der Waals surface area contributed by atoms with E-state index in [-0.39, 0.29) is 23.1 Å². The van der Waals surface area contributed by atoms with Gasteiger partial charge in [0.25, 0.3) is 0 Å².